The molecular formula is C22H27ClN4O3. The van der Waals surface area contributed by atoms with Crippen molar-refractivity contribution in [2.24, 2.45) is 0 Å². The van der Waals surface area contributed by atoms with Gasteiger partial charge in [0.05, 0.1) is 26.8 Å². The highest BCUT2D eigenvalue weighted by Gasteiger charge is 2.15. The number of hydrogen-bond acceptors (Lipinski definition) is 4. The molecular weight excluding hydrogens is 404 g/mol. The summed E-state index contributed by atoms with van der Waals surface area (Å²) in [5.74, 6) is 1.41. The van der Waals surface area contributed by atoms with E-state index in [-0.39, 0.29) is 24.5 Å². The number of halogens is 1. The van der Waals surface area contributed by atoms with Crippen molar-refractivity contribution in [3.8, 4) is 11.5 Å². The molecule has 0 bridgehead atoms. The first-order valence-corrected chi connectivity index (χ1v) is 9.40. The lowest BCUT2D eigenvalue weighted by Gasteiger charge is -2.18. The van der Waals surface area contributed by atoms with E-state index in [1.54, 1.807) is 20.4 Å². The number of ether oxygens (including phenoxy) is 2. The summed E-state index contributed by atoms with van der Waals surface area (Å²) in [6, 6.07) is 15.0. The highest BCUT2D eigenvalue weighted by molar-refractivity contribution is 5.85. The third-order valence-corrected chi connectivity index (χ3v) is 4.63. The molecule has 7 nitrogen and oxygen atoms in total. The van der Waals surface area contributed by atoms with E-state index in [4.69, 9.17) is 9.47 Å². The molecule has 0 aliphatic carbocycles. The van der Waals surface area contributed by atoms with E-state index in [9.17, 15) is 4.79 Å². The van der Waals surface area contributed by atoms with E-state index in [0.717, 1.165) is 23.2 Å². The van der Waals surface area contributed by atoms with Crippen LogP contribution in [0.3, 0.4) is 0 Å². The van der Waals surface area contributed by atoms with Gasteiger partial charge in [-0.15, -0.1) is 12.4 Å². The molecule has 1 unspecified atom stereocenters. The molecule has 2 N–H and O–H groups in total. The number of methoxy groups -OCH3 is 2. The van der Waals surface area contributed by atoms with Crippen molar-refractivity contribution in [3.63, 3.8) is 0 Å². The van der Waals surface area contributed by atoms with Crippen LogP contribution in [0.1, 0.15) is 29.7 Å². The second kappa shape index (κ2) is 11.1. The van der Waals surface area contributed by atoms with Crippen LogP contribution in [0, 0.1) is 0 Å². The van der Waals surface area contributed by atoms with E-state index in [0.29, 0.717) is 18.0 Å². The number of nitrogens with zero attached hydrogens (tertiary/aromatic N) is 2. The fourth-order valence-electron chi connectivity index (χ4n) is 3.03. The van der Waals surface area contributed by atoms with Crippen LogP contribution in [0.2, 0.25) is 0 Å². The van der Waals surface area contributed by atoms with Gasteiger partial charge < -0.3 is 20.1 Å². The van der Waals surface area contributed by atoms with Crippen LogP contribution in [-0.4, -0.2) is 30.0 Å². The van der Waals surface area contributed by atoms with Gasteiger partial charge in [-0.3, -0.25) is 4.68 Å². The van der Waals surface area contributed by atoms with Crippen LogP contribution in [0.15, 0.2) is 60.9 Å². The van der Waals surface area contributed by atoms with E-state index in [1.807, 2.05) is 66.3 Å². The SMILES string of the molecule is COc1ccc(OC)c(C(C)NC(=O)NCc2ccc(Cn3cccn3)cc2)c1.Cl. The summed E-state index contributed by atoms with van der Waals surface area (Å²) in [7, 11) is 3.21. The first kappa shape index (κ1) is 23.1. The topological polar surface area (TPSA) is 77.4 Å². The van der Waals surface area contributed by atoms with Gasteiger partial charge in [0.25, 0.3) is 0 Å². The fraction of sp³-hybridized carbons (Fsp3) is 0.273. The molecule has 3 rings (SSSR count). The van der Waals surface area contributed by atoms with Crippen LogP contribution in [0.25, 0.3) is 0 Å². The maximum absolute atomic E-state index is 12.3. The third-order valence-electron chi connectivity index (χ3n) is 4.63. The van der Waals surface area contributed by atoms with Gasteiger partial charge in [-0.2, -0.15) is 5.10 Å². The summed E-state index contributed by atoms with van der Waals surface area (Å²) in [5.41, 5.74) is 3.03. The Bertz CT molecular complexity index is 930. The van der Waals surface area contributed by atoms with Crippen molar-refractivity contribution >= 4 is 18.4 Å². The van der Waals surface area contributed by atoms with Crippen molar-refractivity contribution in [1.29, 1.82) is 0 Å². The zero-order valence-corrected chi connectivity index (χ0v) is 18.1. The van der Waals surface area contributed by atoms with E-state index < -0.39 is 0 Å². The molecule has 160 valence electrons. The van der Waals surface area contributed by atoms with Crippen LogP contribution in [-0.2, 0) is 13.1 Å². The molecule has 3 aromatic rings. The zero-order valence-electron chi connectivity index (χ0n) is 17.3. The highest BCUT2D eigenvalue weighted by Crippen LogP contribution is 2.29. The van der Waals surface area contributed by atoms with Gasteiger partial charge in [0.1, 0.15) is 11.5 Å². The minimum atomic E-state index is -0.247. The lowest BCUT2D eigenvalue weighted by atomic mass is 10.1. The number of amides is 2. The Hall–Kier alpha value is -3.19. The standard InChI is InChI=1S/C22H26N4O3.ClH/c1-16(20-13-19(28-2)9-10-21(20)29-3)25-22(27)23-14-17-5-7-18(8-6-17)15-26-12-4-11-24-26;/h4-13,16H,14-15H2,1-3H3,(H2,23,25,27);1H. The molecule has 1 aromatic heterocycles. The van der Waals surface area contributed by atoms with Crippen molar-refractivity contribution in [1.82, 2.24) is 20.4 Å². The lowest BCUT2D eigenvalue weighted by Crippen LogP contribution is -2.36. The number of carbonyl (C=O) groups is 1. The van der Waals surface area contributed by atoms with Gasteiger partial charge in [-0.05, 0) is 42.3 Å². The Morgan fingerprint density at radius 3 is 2.47 bits per heavy atom. The largest absolute Gasteiger partial charge is 0.497 e. The normalized spacial score (nSPS) is 11.2. The Balaban J connectivity index is 0.00000320. The zero-order chi connectivity index (χ0) is 20.6. The Kier molecular flexibility index (Phi) is 8.55. The number of aromatic nitrogens is 2. The smallest absolute Gasteiger partial charge is 0.315 e. The van der Waals surface area contributed by atoms with Gasteiger partial charge >= 0.3 is 6.03 Å². The quantitative estimate of drug-likeness (QED) is 0.567. The summed E-state index contributed by atoms with van der Waals surface area (Å²) < 4.78 is 12.5. The van der Waals surface area contributed by atoms with Crippen molar-refractivity contribution in [3.05, 3.63) is 77.6 Å². The molecule has 0 aliphatic rings. The second-order valence-corrected chi connectivity index (χ2v) is 6.68. The summed E-state index contributed by atoms with van der Waals surface area (Å²) in [4.78, 5) is 12.3. The monoisotopic (exact) mass is 430 g/mol. The molecule has 0 spiro atoms. The molecule has 0 fully saturated rings. The average Bonchev–Trinajstić information content (AvgIpc) is 3.25. The van der Waals surface area contributed by atoms with Crippen molar-refractivity contribution in [2.75, 3.05) is 14.2 Å². The van der Waals surface area contributed by atoms with Crippen LogP contribution >= 0.6 is 12.4 Å². The van der Waals surface area contributed by atoms with Gasteiger partial charge in [-0.1, -0.05) is 24.3 Å². The second-order valence-electron chi connectivity index (χ2n) is 6.68. The maximum atomic E-state index is 12.3. The Labute approximate surface area is 182 Å². The first-order valence-electron chi connectivity index (χ1n) is 9.40. The number of nitrogens with one attached hydrogen (secondary N) is 2. The highest BCUT2D eigenvalue weighted by atomic mass is 35.5. The van der Waals surface area contributed by atoms with E-state index in [1.165, 1.54) is 0 Å². The minimum Gasteiger partial charge on any atom is -0.497 e. The van der Waals surface area contributed by atoms with Crippen LogP contribution in [0.5, 0.6) is 11.5 Å². The van der Waals surface area contributed by atoms with Gasteiger partial charge in [0.2, 0.25) is 0 Å². The summed E-state index contributed by atoms with van der Waals surface area (Å²) in [6.45, 7) is 3.07. The van der Waals surface area contributed by atoms with Crippen LogP contribution in [0.4, 0.5) is 4.79 Å². The predicted molar refractivity (Wildman–Crippen MR) is 118 cm³/mol. The lowest BCUT2D eigenvalue weighted by molar-refractivity contribution is 0.237. The number of benzene rings is 2. The third kappa shape index (κ3) is 6.15. The summed E-state index contributed by atoms with van der Waals surface area (Å²) in [5, 5.41) is 10.0. The van der Waals surface area contributed by atoms with E-state index >= 15 is 0 Å². The average molecular weight is 431 g/mol. The molecule has 0 aliphatic heterocycles. The molecule has 0 saturated carbocycles. The maximum Gasteiger partial charge on any atom is 0.315 e. The number of rotatable bonds is 8. The van der Waals surface area contributed by atoms with Crippen molar-refractivity contribution in [2.45, 2.75) is 26.1 Å². The Morgan fingerprint density at radius 2 is 1.83 bits per heavy atom. The van der Waals surface area contributed by atoms with Crippen molar-refractivity contribution < 1.29 is 14.3 Å². The Morgan fingerprint density at radius 1 is 1.10 bits per heavy atom. The summed E-state index contributed by atoms with van der Waals surface area (Å²) >= 11 is 0. The predicted octanol–water partition coefficient (Wildman–Crippen LogP) is 3.93. The molecule has 2 amide bonds. The fourth-order valence-corrected chi connectivity index (χ4v) is 3.03. The molecule has 30 heavy (non-hydrogen) atoms. The van der Waals surface area contributed by atoms with E-state index in [2.05, 4.69) is 15.7 Å². The molecule has 1 heterocycles. The number of carbonyl (C=O) groups excluding carboxylic acids is 1. The molecule has 1 atom stereocenters. The molecule has 0 saturated heterocycles. The molecule has 0 radical (unpaired) electrons. The van der Waals surface area contributed by atoms with Crippen LogP contribution < -0.4 is 20.1 Å². The van der Waals surface area contributed by atoms with Gasteiger partial charge in [0.15, 0.2) is 0 Å². The van der Waals surface area contributed by atoms with Gasteiger partial charge in [0, 0.05) is 24.5 Å². The first-order chi connectivity index (χ1) is 14.1. The minimum absolute atomic E-state index is 0. The number of urea groups is 1. The number of hydrogen-bond donors (Lipinski definition) is 2. The molecule has 2 aromatic carbocycles. The molecule has 8 heteroatoms. The summed E-state index contributed by atoms with van der Waals surface area (Å²) in [6.07, 6.45) is 3.69. The van der Waals surface area contributed by atoms with Gasteiger partial charge in [-0.25, -0.2) is 4.79 Å².